The minimum absolute atomic E-state index is 0.113. The molecule has 1 aliphatic rings. The van der Waals surface area contributed by atoms with E-state index >= 15 is 0 Å². The van der Waals surface area contributed by atoms with Crippen molar-refractivity contribution >= 4 is 11.8 Å². The fourth-order valence-corrected chi connectivity index (χ4v) is 2.57. The van der Waals surface area contributed by atoms with Crippen molar-refractivity contribution in [1.82, 2.24) is 15.1 Å². The van der Waals surface area contributed by atoms with Gasteiger partial charge in [0.1, 0.15) is 0 Å². The summed E-state index contributed by atoms with van der Waals surface area (Å²) in [7, 11) is 0. The number of carbonyl (C=O) groups is 1. The van der Waals surface area contributed by atoms with E-state index < -0.39 is 0 Å². The number of nitrogens with one attached hydrogen (secondary N) is 2. The minimum atomic E-state index is -0.235. The van der Waals surface area contributed by atoms with Crippen molar-refractivity contribution in [1.29, 1.82) is 5.26 Å². The van der Waals surface area contributed by atoms with Crippen molar-refractivity contribution in [3.8, 4) is 6.07 Å². The van der Waals surface area contributed by atoms with E-state index in [9.17, 15) is 4.79 Å². The number of nitriles is 1. The number of hydrogen-bond donors (Lipinski definition) is 2. The van der Waals surface area contributed by atoms with Crippen LogP contribution in [0.1, 0.15) is 32.6 Å². The van der Waals surface area contributed by atoms with Gasteiger partial charge in [0.15, 0.2) is 5.82 Å². The summed E-state index contributed by atoms with van der Waals surface area (Å²) in [6, 6.07) is 3.73. The molecular formula is C15H23N5O2. The first-order chi connectivity index (χ1) is 10.7. The molecule has 7 nitrogen and oxygen atoms in total. The fourth-order valence-electron chi connectivity index (χ4n) is 2.57. The zero-order valence-corrected chi connectivity index (χ0v) is 12.9. The predicted octanol–water partition coefficient (Wildman–Crippen LogP) is 2.12. The minimum Gasteiger partial charge on any atom is -0.381 e. The summed E-state index contributed by atoms with van der Waals surface area (Å²) >= 11 is 0. The Labute approximate surface area is 130 Å². The highest BCUT2D eigenvalue weighted by molar-refractivity contribution is 5.88. The lowest BCUT2D eigenvalue weighted by Crippen LogP contribution is -2.42. The Balaban J connectivity index is 1.75. The highest BCUT2D eigenvalue weighted by atomic mass is 16.5. The molecule has 1 atom stereocenters. The standard InChI is InChI=1S/C15H23N5O2/c1-12(13-5-10-22-11-6-13)17-15(21)18-14-4-9-20(19-14)8-3-2-7-16/h4,9,12-13H,2-3,5-6,8,10-11H2,1H3,(H2,17,18,19,21)/t12-/m0/s1. The van der Waals surface area contributed by atoms with Gasteiger partial charge in [-0.3, -0.25) is 10.00 Å². The lowest BCUT2D eigenvalue weighted by molar-refractivity contribution is 0.0573. The third kappa shape index (κ3) is 5.04. The maximum atomic E-state index is 12.0. The normalized spacial score (nSPS) is 16.7. The molecule has 2 amide bonds. The molecule has 22 heavy (non-hydrogen) atoms. The third-order valence-corrected chi connectivity index (χ3v) is 3.89. The Bertz CT molecular complexity index is 516. The average Bonchev–Trinajstić information content (AvgIpc) is 2.95. The van der Waals surface area contributed by atoms with Gasteiger partial charge in [0.2, 0.25) is 0 Å². The number of nitrogens with zero attached hydrogens (tertiary/aromatic N) is 3. The van der Waals surface area contributed by atoms with E-state index in [0.29, 0.717) is 24.7 Å². The van der Waals surface area contributed by atoms with Gasteiger partial charge in [-0.1, -0.05) is 0 Å². The zero-order valence-electron chi connectivity index (χ0n) is 12.9. The first-order valence-electron chi connectivity index (χ1n) is 7.74. The van der Waals surface area contributed by atoms with E-state index in [2.05, 4.69) is 21.8 Å². The van der Waals surface area contributed by atoms with Crippen molar-refractivity contribution in [3.63, 3.8) is 0 Å². The van der Waals surface area contributed by atoms with Crippen LogP contribution in [-0.2, 0) is 11.3 Å². The molecule has 1 aromatic rings. The van der Waals surface area contributed by atoms with Crippen LogP contribution in [0.15, 0.2) is 12.3 Å². The fraction of sp³-hybridized carbons (Fsp3) is 0.667. The molecule has 120 valence electrons. The number of carbonyl (C=O) groups excluding carboxylic acids is 1. The van der Waals surface area contributed by atoms with E-state index in [1.807, 2.05) is 6.92 Å². The molecule has 0 bridgehead atoms. The number of anilines is 1. The highest BCUT2D eigenvalue weighted by Gasteiger charge is 2.21. The van der Waals surface area contributed by atoms with Crippen molar-refractivity contribution in [3.05, 3.63) is 12.3 Å². The van der Waals surface area contributed by atoms with Crippen LogP contribution in [0.25, 0.3) is 0 Å². The Hall–Kier alpha value is -2.07. The van der Waals surface area contributed by atoms with Crippen LogP contribution in [0.3, 0.4) is 0 Å². The Morgan fingerprint density at radius 2 is 2.36 bits per heavy atom. The van der Waals surface area contributed by atoms with Gasteiger partial charge in [0, 0.05) is 44.5 Å². The zero-order chi connectivity index (χ0) is 15.8. The SMILES string of the molecule is C[C@H](NC(=O)Nc1ccn(CCCC#N)n1)C1CCOCC1. The molecule has 2 N–H and O–H groups in total. The first-order valence-corrected chi connectivity index (χ1v) is 7.74. The van der Waals surface area contributed by atoms with Crippen LogP contribution in [0, 0.1) is 17.2 Å². The predicted molar refractivity (Wildman–Crippen MR) is 82.2 cm³/mol. The summed E-state index contributed by atoms with van der Waals surface area (Å²) < 4.78 is 7.06. The Morgan fingerprint density at radius 1 is 1.59 bits per heavy atom. The molecule has 2 rings (SSSR count). The number of urea groups is 1. The van der Waals surface area contributed by atoms with Crippen LogP contribution in [0.2, 0.25) is 0 Å². The number of aryl methyl sites for hydroxylation is 1. The van der Waals surface area contributed by atoms with Gasteiger partial charge in [-0.05, 0) is 32.1 Å². The summed E-state index contributed by atoms with van der Waals surface area (Å²) in [6.45, 7) is 4.24. The second kappa shape index (κ2) is 8.39. The number of unbranched alkanes of at least 4 members (excludes halogenated alkanes) is 1. The van der Waals surface area contributed by atoms with Gasteiger partial charge >= 0.3 is 6.03 Å². The number of ether oxygens (including phenoxy) is 1. The molecular weight excluding hydrogens is 282 g/mol. The topological polar surface area (TPSA) is 92.0 Å². The van der Waals surface area contributed by atoms with Gasteiger partial charge in [-0.2, -0.15) is 10.4 Å². The molecule has 1 aliphatic heterocycles. The van der Waals surface area contributed by atoms with Gasteiger partial charge < -0.3 is 10.1 Å². The number of aromatic nitrogens is 2. The van der Waals surface area contributed by atoms with Crippen LogP contribution in [-0.4, -0.2) is 35.1 Å². The van der Waals surface area contributed by atoms with Gasteiger partial charge in [0.05, 0.1) is 6.07 Å². The number of rotatable bonds is 6. The van der Waals surface area contributed by atoms with E-state index in [1.54, 1.807) is 16.9 Å². The molecule has 0 unspecified atom stereocenters. The highest BCUT2D eigenvalue weighted by Crippen LogP contribution is 2.18. The van der Waals surface area contributed by atoms with Gasteiger partial charge in [-0.25, -0.2) is 4.79 Å². The summed E-state index contributed by atoms with van der Waals surface area (Å²) in [5.41, 5.74) is 0. The molecule has 0 radical (unpaired) electrons. The second-order valence-corrected chi connectivity index (χ2v) is 5.56. The Morgan fingerprint density at radius 3 is 3.09 bits per heavy atom. The van der Waals surface area contributed by atoms with Crippen molar-refractivity contribution < 1.29 is 9.53 Å². The molecule has 7 heteroatoms. The Kier molecular flexibility index (Phi) is 6.22. The van der Waals surface area contributed by atoms with Crippen LogP contribution in [0.5, 0.6) is 0 Å². The number of hydrogen-bond acceptors (Lipinski definition) is 4. The monoisotopic (exact) mass is 305 g/mol. The van der Waals surface area contributed by atoms with E-state index in [4.69, 9.17) is 10.00 Å². The molecule has 2 heterocycles. The smallest absolute Gasteiger partial charge is 0.320 e. The van der Waals surface area contributed by atoms with Crippen LogP contribution >= 0.6 is 0 Å². The van der Waals surface area contributed by atoms with Gasteiger partial charge in [-0.15, -0.1) is 0 Å². The lowest BCUT2D eigenvalue weighted by atomic mass is 9.93. The average molecular weight is 305 g/mol. The number of amides is 2. The summed E-state index contributed by atoms with van der Waals surface area (Å²) in [5.74, 6) is 0.983. The van der Waals surface area contributed by atoms with Crippen molar-refractivity contribution in [2.75, 3.05) is 18.5 Å². The molecule has 0 spiro atoms. The summed E-state index contributed by atoms with van der Waals surface area (Å²) in [4.78, 5) is 12.0. The molecule has 1 fully saturated rings. The molecule has 1 aromatic heterocycles. The van der Waals surface area contributed by atoms with Crippen LogP contribution in [0.4, 0.5) is 10.6 Å². The summed E-state index contributed by atoms with van der Waals surface area (Å²) in [5, 5.41) is 18.5. The van der Waals surface area contributed by atoms with Gasteiger partial charge in [0.25, 0.3) is 0 Å². The molecule has 0 saturated carbocycles. The summed E-state index contributed by atoms with van der Waals surface area (Å²) in [6.07, 6.45) is 5.02. The second-order valence-electron chi connectivity index (χ2n) is 5.56. The first kappa shape index (κ1) is 16.3. The third-order valence-electron chi connectivity index (χ3n) is 3.89. The molecule has 0 aromatic carbocycles. The largest absolute Gasteiger partial charge is 0.381 e. The molecule has 0 aliphatic carbocycles. The maximum Gasteiger partial charge on any atom is 0.320 e. The van der Waals surface area contributed by atoms with E-state index in [-0.39, 0.29) is 12.1 Å². The lowest BCUT2D eigenvalue weighted by Gasteiger charge is -2.28. The quantitative estimate of drug-likeness (QED) is 0.787. The van der Waals surface area contributed by atoms with Crippen LogP contribution < -0.4 is 10.6 Å². The van der Waals surface area contributed by atoms with Crippen molar-refractivity contribution in [2.24, 2.45) is 5.92 Å². The van der Waals surface area contributed by atoms with E-state index in [1.165, 1.54) is 0 Å². The van der Waals surface area contributed by atoms with E-state index in [0.717, 1.165) is 32.5 Å². The molecule has 1 saturated heterocycles. The van der Waals surface area contributed by atoms with Crippen molar-refractivity contribution in [2.45, 2.75) is 45.2 Å². The maximum absolute atomic E-state index is 12.0.